The molecule has 10 nitrogen and oxygen atoms in total. The Morgan fingerprint density at radius 2 is 1.91 bits per heavy atom. The third-order valence-electron chi connectivity index (χ3n) is 5.65. The van der Waals surface area contributed by atoms with E-state index in [2.05, 4.69) is 33.5 Å². The van der Waals surface area contributed by atoms with E-state index in [-0.39, 0.29) is 17.9 Å². The van der Waals surface area contributed by atoms with E-state index in [1.807, 2.05) is 36.5 Å². The molecule has 2 aromatic heterocycles. The Balaban J connectivity index is 1.23. The van der Waals surface area contributed by atoms with E-state index in [0.717, 1.165) is 36.9 Å². The molecule has 1 saturated heterocycles. The number of rotatable bonds is 8. The van der Waals surface area contributed by atoms with Gasteiger partial charge in [0.05, 0.1) is 0 Å². The summed E-state index contributed by atoms with van der Waals surface area (Å²) in [5.74, 6) is -0.477. The van der Waals surface area contributed by atoms with Gasteiger partial charge in [-0.15, -0.1) is 5.10 Å². The van der Waals surface area contributed by atoms with Crippen LogP contribution in [0.3, 0.4) is 0 Å². The minimum atomic E-state index is -0.997. The number of aliphatic carboxylic acids is 1. The van der Waals surface area contributed by atoms with Gasteiger partial charge in [0.2, 0.25) is 5.16 Å². The highest BCUT2D eigenvalue weighted by atomic mass is 32.2. The standard InChI is InChI=1S/C23H26N6O4S/c1-16-3-2-12-24-20(16)9-6-17-4-7-18(8-5-17)33-23(32)28-13-10-19(11-14-28)34-22-25-26-27-29(22)15-21(30)31/h2-5,7-8,12,19H,6,9-11,13-15H2,1H3,(H,30,31). The number of likely N-dealkylation sites (tertiary alicyclic amines) is 1. The smallest absolute Gasteiger partial charge is 0.415 e. The zero-order chi connectivity index (χ0) is 23.9. The topological polar surface area (TPSA) is 123 Å². The second kappa shape index (κ2) is 11.1. The molecule has 1 N–H and O–H groups in total. The van der Waals surface area contributed by atoms with Gasteiger partial charge in [0, 0.05) is 30.2 Å². The molecule has 1 fully saturated rings. The van der Waals surface area contributed by atoms with E-state index in [0.29, 0.717) is 24.0 Å². The molecule has 1 amide bonds. The molecule has 0 bridgehead atoms. The SMILES string of the molecule is Cc1cccnc1CCc1ccc(OC(=O)N2CCC(Sc3nnnn3CC(=O)O)CC2)cc1. The number of amides is 1. The van der Waals surface area contributed by atoms with Crippen LogP contribution in [0.15, 0.2) is 47.8 Å². The summed E-state index contributed by atoms with van der Waals surface area (Å²) in [5, 5.41) is 20.8. The summed E-state index contributed by atoms with van der Waals surface area (Å²) in [7, 11) is 0. The lowest BCUT2D eigenvalue weighted by Gasteiger charge is -2.30. The quantitative estimate of drug-likeness (QED) is 0.516. The van der Waals surface area contributed by atoms with Crippen molar-refractivity contribution in [2.75, 3.05) is 13.1 Å². The molecular weight excluding hydrogens is 456 g/mol. The van der Waals surface area contributed by atoms with Crippen molar-refractivity contribution in [1.82, 2.24) is 30.1 Å². The number of ether oxygens (including phenoxy) is 1. The Labute approximate surface area is 201 Å². The summed E-state index contributed by atoms with van der Waals surface area (Å²) in [6.45, 7) is 2.90. The van der Waals surface area contributed by atoms with Crippen molar-refractivity contribution in [3.63, 3.8) is 0 Å². The number of hydrogen-bond donors (Lipinski definition) is 1. The Kier molecular flexibility index (Phi) is 7.73. The number of carboxylic acid groups (broad SMARTS) is 1. The number of carbonyl (C=O) groups excluding carboxylic acids is 1. The molecule has 3 heterocycles. The van der Waals surface area contributed by atoms with Gasteiger partial charge in [-0.05, 0) is 72.4 Å². The fourth-order valence-corrected chi connectivity index (χ4v) is 4.80. The third kappa shape index (κ3) is 6.31. The van der Waals surface area contributed by atoms with Crippen LogP contribution in [0.4, 0.5) is 4.79 Å². The average Bonchev–Trinajstić information content (AvgIpc) is 3.25. The molecule has 11 heteroatoms. The third-order valence-corrected chi connectivity index (χ3v) is 6.96. The molecule has 0 saturated carbocycles. The first kappa shape index (κ1) is 23.7. The maximum atomic E-state index is 12.6. The van der Waals surface area contributed by atoms with Gasteiger partial charge in [0.25, 0.3) is 0 Å². The van der Waals surface area contributed by atoms with E-state index < -0.39 is 5.97 Å². The molecule has 0 unspecified atom stereocenters. The lowest BCUT2D eigenvalue weighted by molar-refractivity contribution is -0.138. The molecule has 0 aliphatic carbocycles. The summed E-state index contributed by atoms with van der Waals surface area (Å²) in [5.41, 5.74) is 3.44. The summed E-state index contributed by atoms with van der Waals surface area (Å²) in [6.07, 6.45) is 4.66. The van der Waals surface area contributed by atoms with Crippen molar-refractivity contribution in [3.05, 3.63) is 59.4 Å². The molecule has 0 atom stereocenters. The monoisotopic (exact) mass is 482 g/mol. The number of piperidine rings is 1. The molecule has 1 aromatic carbocycles. The molecule has 0 spiro atoms. The molecular formula is C23H26N6O4S. The van der Waals surface area contributed by atoms with Crippen molar-refractivity contribution in [1.29, 1.82) is 0 Å². The zero-order valence-corrected chi connectivity index (χ0v) is 19.6. The first-order valence-corrected chi connectivity index (χ1v) is 12.0. The van der Waals surface area contributed by atoms with Crippen molar-refractivity contribution < 1.29 is 19.4 Å². The number of carboxylic acids is 1. The van der Waals surface area contributed by atoms with Gasteiger partial charge in [0.1, 0.15) is 12.3 Å². The number of pyridine rings is 1. The minimum Gasteiger partial charge on any atom is -0.480 e. The van der Waals surface area contributed by atoms with Crippen LogP contribution in [0.5, 0.6) is 5.75 Å². The van der Waals surface area contributed by atoms with Crippen LogP contribution in [-0.2, 0) is 24.2 Å². The fourth-order valence-electron chi connectivity index (χ4n) is 3.75. The molecule has 178 valence electrons. The van der Waals surface area contributed by atoms with Gasteiger partial charge in [-0.25, -0.2) is 9.48 Å². The van der Waals surface area contributed by atoms with Crippen molar-refractivity contribution in [2.24, 2.45) is 0 Å². The van der Waals surface area contributed by atoms with Crippen LogP contribution in [0.2, 0.25) is 0 Å². The minimum absolute atomic E-state index is 0.199. The van der Waals surface area contributed by atoms with E-state index in [9.17, 15) is 9.59 Å². The lowest BCUT2D eigenvalue weighted by Crippen LogP contribution is -2.41. The van der Waals surface area contributed by atoms with E-state index in [4.69, 9.17) is 9.84 Å². The maximum absolute atomic E-state index is 12.6. The van der Waals surface area contributed by atoms with E-state index in [1.165, 1.54) is 22.0 Å². The zero-order valence-electron chi connectivity index (χ0n) is 18.8. The molecule has 1 aliphatic rings. The molecule has 34 heavy (non-hydrogen) atoms. The van der Waals surface area contributed by atoms with Gasteiger partial charge in [-0.1, -0.05) is 30.0 Å². The summed E-state index contributed by atoms with van der Waals surface area (Å²) in [6, 6.07) is 11.6. The predicted molar refractivity (Wildman–Crippen MR) is 125 cm³/mol. The number of thioether (sulfide) groups is 1. The van der Waals surface area contributed by atoms with Crippen LogP contribution < -0.4 is 4.74 Å². The lowest BCUT2D eigenvalue weighted by atomic mass is 10.1. The van der Waals surface area contributed by atoms with Gasteiger partial charge in [0.15, 0.2) is 0 Å². The van der Waals surface area contributed by atoms with Crippen LogP contribution in [0.25, 0.3) is 0 Å². The van der Waals surface area contributed by atoms with Crippen LogP contribution in [-0.4, -0.2) is 65.6 Å². The number of aryl methyl sites for hydroxylation is 3. The van der Waals surface area contributed by atoms with Crippen LogP contribution in [0, 0.1) is 6.92 Å². The second-order valence-corrected chi connectivity index (χ2v) is 9.36. The largest absolute Gasteiger partial charge is 0.480 e. The highest BCUT2D eigenvalue weighted by Crippen LogP contribution is 2.29. The second-order valence-electron chi connectivity index (χ2n) is 8.10. The highest BCUT2D eigenvalue weighted by Gasteiger charge is 2.26. The van der Waals surface area contributed by atoms with Gasteiger partial charge in [-0.2, -0.15) is 0 Å². The Morgan fingerprint density at radius 1 is 1.15 bits per heavy atom. The van der Waals surface area contributed by atoms with Crippen molar-refractivity contribution in [3.8, 4) is 5.75 Å². The Hall–Kier alpha value is -3.47. The molecule has 4 rings (SSSR count). The molecule has 1 aliphatic heterocycles. The number of benzene rings is 1. The molecule has 0 radical (unpaired) electrons. The first-order chi connectivity index (χ1) is 16.5. The predicted octanol–water partition coefficient (Wildman–Crippen LogP) is 3.00. The van der Waals surface area contributed by atoms with Gasteiger partial charge >= 0.3 is 12.1 Å². The number of carbonyl (C=O) groups is 2. The first-order valence-electron chi connectivity index (χ1n) is 11.1. The normalized spacial score (nSPS) is 14.2. The highest BCUT2D eigenvalue weighted by molar-refractivity contribution is 7.99. The summed E-state index contributed by atoms with van der Waals surface area (Å²) >= 11 is 1.44. The number of aromatic nitrogens is 5. The number of tetrazole rings is 1. The Morgan fingerprint density at radius 3 is 2.62 bits per heavy atom. The van der Waals surface area contributed by atoms with E-state index >= 15 is 0 Å². The maximum Gasteiger partial charge on any atom is 0.415 e. The number of nitrogens with zero attached hydrogens (tertiary/aromatic N) is 6. The molecule has 3 aromatic rings. The van der Waals surface area contributed by atoms with Crippen LogP contribution in [0.1, 0.15) is 29.7 Å². The Bertz CT molecular complexity index is 1130. The number of hydrogen-bond acceptors (Lipinski definition) is 8. The van der Waals surface area contributed by atoms with Gasteiger partial charge < -0.3 is 14.7 Å². The fraction of sp³-hybridized carbons (Fsp3) is 0.391. The van der Waals surface area contributed by atoms with Crippen molar-refractivity contribution in [2.45, 2.75) is 49.6 Å². The van der Waals surface area contributed by atoms with Crippen molar-refractivity contribution >= 4 is 23.8 Å². The van der Waals surface area contributed by atoms with Gasteiger partial charge in [-0.3, -0.25) is 9.78 Å². The van der Waals surface area contributed by atoms with E-state index in [1.54, 1.807) is 4.90 Å². The average molecular weight is 483 g/mol. The summed E-state index contributed by atoms with van der Waals surface area (Å²) in [4.78, 5) is 29.6. The van der Waals surface area contributed by atoms with Crippen LogP contribution >= 0.6 is 11.8 Å². The summed E-state index contributed by atoms with van der Waals surface area (Å²) < 4.78 is 6.83.